The second-order valence-corrected chi connectivity index (χ2v) is 11.0. The zero-order valence-corrected chi connectivity index (χ0v) is 19.3. The molecule has 2 N–H and O–H groups in total. The third kappa shape index (κ3) is 5.07. The van der Waals surface area contributed by atoms with Gasteiger partial charge in [0, 0.05) is 6.42 Å². The van der Waals surface area contributed by atoms with Crippen molar-refractivity contribution >= 4 is 0 Å². The minimum absolute atomic E-state index is 0.420. The van der Waals surface area contributed by atoms with Crippen molar-refractivity contribution in [2.75, 3.05) is 0 Å². The van der Waals surface area contributed by atoms with Gasteiger partial charge in [0.25, 0.3) is 0 Å². The lowest BCUT2D eigenvalue weighted by atomic mass is 9.60. The fourth-order valence-corrected chi connectivity index (χ4v) is 6.73. The van der Waals surface area contributed by atoms with Crippen LogP contribution in [0.15, 0.2) is 35.5 Å². The molecule has 2 heteroatoms. The smallest absolute Gasteiger partial charge is 0.0811 e. The molecule has 164 valence electrons. The highest BCUT2D eigenvalue weighted by Gasteiger charge is 2.50. The number of fused-ring (bicyclic) bond motifs is 1. The minimum Gasteiger partial charge on any atom is -0.393 e. The van der Waals surface area contributed by atoms with E-state index in [9.17, 15) is 10.2 Å². The third-order valence-corrected chi connectivity index (χ3v) is 8.43. The molecule has 0 aliphatic heterocycles. The van der Waals surface area contributed by atoms with Gasteiger partial charge in [0.2, 0.25) is 0 Å². The zero-order chi connectivity index (χ0) is 21.2. The summed E-state index contributed by atoms with van der Waals surface area (Å²) in [6.07, 6.45) is 15.2. The van der Waals surface area contributed by atoms with E-state index in [0.717, 1.165) is 28.9 Å². The average Bonchev–Trinajstić information content (AvgIpc) is 3.00. The molecule has 2 nitrogen and oxygen atoms in total. The number of aliphatic hydroxyl groups is 2. The normalized spacial score (nSPS) is 39.3. The first-order chi connectivity index (χ1) is 13.7. The lowest BCUT2D eigenvalue weighted by Crippen LogP contribution is -2.36. The summed E-state index contributed by atoms with van der Waals surface area (Å²) in [6.45, 7) is 13.8. The van der Waals surface area contributed by atoms with Crippen molar-refractivity contribution in [3.63, 3.8) is 0 Å². The number of aliphatic hydroxyl groups excluding tert-OH is 2. The highest BCUT2D eigenvalue weighted by Crippen LogP contribution is 2.59. The van der Waals surface area contributed by atoms with Gasteiger partial charge < -0.3 is 10.2 Å². The Labute approximate surface area is 179 Å². The van der Waals surface area contributed by atoms with E-state index in [1.165, 1.54) is 51.4 Å². The van der Waals surface area contributed by atoms with Gasteiger partial charge >= 0.3 is 0 Å². The fourth-order valence-electron chi connectivity index (χ4n) is 6.73. The van der Waals surface area contributed by atoms with Gasteiger partial charge in [-0.15, -0.1) is 0 Å². The van der Waals surface area contributed by atoms with E-state index in [-0.39, 0.29) is 0 Å². The Morgan fingerprint density at radius 1 is 1.14 bits per heavy atom. The van der Waals surface area contributed by atoms with Gasteiger partial charge in [-0.05, 0) is 78.8 Å². The summed E-state index contributed by atoms with van der Waals surface area (Å²) in [7, 11) is 0. The molecule has 29 heavy (non-hydrogen) atoms. The van der Waals surface area contributed by atoms with Crippen LogP contribution in [0.5, 0.6) is 0 Å². The molecule has 3 rings (SSSR count). The van der Waals surface area contributed by atoms with Crippen LogP contribution in [0.1, 0.15) is 91.9 Å². The summed E-state index contributed by atoms with van der Waals surface area (Å²) < 4.78 is 0. The molecule has 0 bridgehead atoms. The summed E-state index contributed by atoms with van der Waals surface area (Å²) in [6, 6.07) is 0. The molecule has 0 aromatic rings. The molecule has 0 heterocycles. The molecule has 3 fully saturated rings. The first kappa shape index (κ1) is 22.8. The molecular weight excluding hydrogens is 356 g/mol. The van der Waals surface area contributed by atoms with E-state index < -0.39 is 12.2 Å². The van der Waals surface area contributed by atoms with Crippen LogP contribution in [0.4, 0.5) is 0 Å². The van der Waals surface area contributed by atoms with Crippen LogP contribution >= 0.6 is 0 Å². The van der Waals surface area contributed by atoms with Crippen molar-refractivity contribution in [3.05, 3.63) is 35.5 Å². The maximum atomic E-state index is 10.1. The van der Waals surface area contributed by atoms with Gasteiger partial charge in [0.05, 0.1) is 12.2 Å². The largest absolute Gasteiger partial charge is 0.393 e. The van der Waals surface area contributed by atoms with Crippen molar-refractivity contribution in [2.45, 2.75) is 104 Å². The summed E-state index contributed by atoms with van der Waals surface area (Å²) in [4.78, 5) is 0. The van der Waals surface area contributed by atoms with Crippen molar-refractivity contribution in [2.24, 2.45) is 29.1 Å². The lowest BCUT2D eigenvalue weighted by molar-refractivity contribution is 0.0861. The van der Waals surface area contributed by atoms with E-state index in [4.69, 9.17) is 0 Å². The average molecular weight is 401 g/mol. The van der Waals surface area contributed by atoms with Gasteiger partial charge in [0.1, 0.15) is 0 Å². The monoisotopic (exact) mass is 400 g/mol. The van der Waals surface area contributed by atoms with Crippen LogP contribution in [0.25, 0.3) is 0 Å². The molecule has 0 aromatic heterocycles. The van der Waals surface area contributed by atoms with Crippen LogP contribution in [0.3, 0.4) is 0 Å². The highest BCUT2D eigenvalue weighted by atomic mass is 16.3. The Morgan fingerprint density at radius 2 is 1.90 bits per heavy atom. The van der Waals surface area contributed by atoms with E-state index in [0.29, 0.717) is 24.2 Å². The molecule has 0 aromatic carbocycles. The fraction of sp³-hybridized carbons (Fsp3) is 0.778. The summed E-state index contributed by atoms with van der Waals surface area (Å²) in [5.74, 6) is 3.20. The Morgan fingerprint density at radius 3 is 2.62 bits per heavy atom. The standard InChI is InChI=1S/C27H44O2/c1-18(2)8-6-9-19(3)24-13-14-25-21(10-7-15-27(24,25)5)11-12-22-16-23(28)17-26(29)20(22)4/h11-12,18-19,23-26,28-29H,4,6-10,13-17H2,1-3,5H3/b21-11-,22-12+/t19-,23-,24?,25+,26+,27-/m1/s1. The van der Waals surface area contributed by atoms with Crippen molar-refractivity contribution < 1.29 is 10.2 Å². The van der Waals surface area contributed by atoms with Crippen LogP contribution in [0, 0.1) is 29.1 Å². The van der Waals surface area contributed by atoms with Gasteiger partial charge in [-0.1, -0.05) is 71.3 Å². The zero-order valence-electron chi connectivity index (χ0n) is 19.3. The molecule has 0 radical (unpaired) electrons. The van der Waals surface area contributed by atoms with Crippen molar-refractivity contribution in [3.8, 4) is 0 Å². The molecule has 0 amide bonds. The number of hydrogen-bond acceptors (Lipinski definition) is 2. The van der Waals surface area contributed by atoms with E-state index in [2.05, 4.69) is 46.4 Å². The van der Waals surface area contributed by atoms with Crippen molar-refractivity contribution in [1.29, 1.82) is 0 Å². The summed E-state index contributed by atoms with van der Waals surface area (Å²) in [5.41, 5.74) is 3.88. The molecule has 0 spiro atoms. The first-order valence-electron chi connectivity index (χ1n) is 12.2. The second-order valence-electron chi connectivity index (χ2n) is 11.0. The van der Waals surface area contributed by atoms with E-state index >= 15 is 0 Å². The molecule has 3 saturated carbocycles. The van der Waals surface area contributed by atoms with Gasteiger partial charge in [-0.25, -0.2) is 0 Å². The van der Waals surface area contributed by atoms with Crippen LogP contribution in [0.2, 0.25) is 0 Å². The van der Waals surface area contributed by atoms with Gasteiger partial charge in [-0.2, -0.15) is 0 Å². The highest BCUT2D eigenvalue weighted by molar-refractivity contribution is 5.38. The lowest BCUT2D eigenvalue weighted by Gasteiger charge is -2.44. The predicted octanol–water partition coefficient (Wildman–Crippen LogP) is 6.59. The number of hydrogen-bond donors (Lipinski definition) is 2. The minimum atomic E-state index is -0.595. The van der Waals surface area contributed by atoms with Gasteiger partial charge in [-0.3, -0.25) is 0 Å². The molecule has 0 saturated heterocycles. The van der Waals surface area contributed by atoms with Gasteiger partial charge in [0.15, 0.2) is 0 Å². The maximum Gasteiger partial charge on any atom is 0.0811 e. The molecule has 6 atom stereocenters. The SMILES string of the molecule is C=C1/C(=C/C=C2/CCC[C@]3(C)C([C@H](C)CCCC(C)C)CC[C@@H]23)C[C@@H](O)C[C@@H]1O. The molecule has 3 aliphatic rings. The van der Waals surface area contributed by atoms with Crippen molar-refractivity contribution in [1.82, 2.24) is 0 Å². The Balaban J connectivity index is 1.71. The maximum absolute atomic E-state index is 10.1. The molecule has 1 unspecified atom stereocenters. The van der Waals surface area contributed by atoms with Crippen LogP contribution < -0.4 is 0 Å². The van der Waals surface area contributed by atoms with E-state index in [1.807, 2.05) is 0 Å². The molecular formula is C27H44O2. The number of allylic oxidation sites excluding steroid dienone is 3. The predicted molar refractivity (Wildman–Crippen MR) is 123 cm³/mol. The topological polar surface area (TPSA) is 40.5 Å². The van der Waals surface area contributed by atoms with Crippen LogP contribution in [-0.4, -0.2) is 22.4 Å². The Hall–Kier alpha value is -0.860. The first-order valence-corrected chi connectivity index (χ1v) is 12.2. The molecule has 3 aliphatic carbocycles. The number of rotatable bonds is 6. The van der Waals surface area contributed by atoms with E-state index in [1.54, 1.807) is 5.57 Å². The van der Waals surface area contributed by atoms with Crippen LogP contribution in [-0.2, 0) is 0 Å². The second kappa shape index (κ2) is 9.52. The third-order valence-electron chi connectivity index (χ3n) is 8.43. The summed E-state index contributed by atoms with van der Waals surface area (Å²) in [5, 5.41) is 20.2. The Bertz CT molecular complexity index is 643. The summed E-state index contributed by atoms with van der Waals surface area (Å²) >= 11 is 0. The quantitative estimate of drug-likeness (QED) is 0.528. The Kier molecular flexibility index (Phi) is 7.49.